The molecule has 3 heterocycles. The first-order valence-corrected chi connectivity index (χ1v) is 11.5. The highest BCUT2D eigenvalue weighted by Gasteiger charge is 2.13. The van der Waals surface area contributed by atoms with Crippen molar-refractivity contribution in [2.45, 2.75) is 52.4 Å². The molecule has 0 amide bonds. The van der Waals surface area contributed by atoms with Crippen LogP contribution in [-0.4, -0.2) is 15.0 Å². The minimum atomic E-state index is -0.0855. The summed E-state index contributed by atoms with van der Waals surface area (Å²) in [7, 11) is 0. The summed E-state index contributed by atoms with van der Waals surface area (Å²) in [6.45, 7) is 4.32. The number of fused-ring (bicyclic) bond motifs is 4. The van der Waals surface area contributed by atoms with Gasteiger partial charge in [-0.3, -0.25) is 9.59 Å². The van der Waals surface area contributed by atoms with E-state index in [4.69, 9.17) is 0 Å². The van der Waals surface area contributed by atoms with Crippen molar-refractivity contribution in [2.24, 2.45) is 0 Å². The van der Waals surface area contributed by atoms with Crippen LogP contribution in [0.5, 0.6) is 0 Å². The Morgan fingerprint density at radius 2 is 1.12 bits per heavy atom. The minimum Gasteiger partial charge on any atom is -0.339 e. The molecule has 0 unspecified atom stereocenters. The van der Waals surface area contributed by atoms with Gasteiger partial charge in [-0.05, 0) is 67.1 Å². The van der Waals surface area contributed by atoms with Gasteiger partial charge in [0, 0.05) is 10.8 Å². The largest absolute Gasteiger partial charge is 0.339 e. The highest BCUT2D eigenvalue weighted by atomic mass is 16.1. The first-order chi connectivity index (χ1) is 15.6. The average molecular weight is 426 g/mol. The first kappa shape index (κ1) is 20.4. The molecule has 0 bridgehead atoms. The summed E-state index contributed by atoms with van der Waals surface area (Å²) < 4.78 is 0. The zero-order valence-corrected chi connectivity index (χ0v) is 18.5. The van der Waals surface area contributed by atoms with Gasteiger partial charge in [-0.25, -0.2) is 4.98 Å². The third kappa shape index (κ3) is 3.48. The maximum Gasteiger partial charge on any atom is 0.198 e. The molecule has 32 heavy (non-hydrogen) atoms. The summed E-state index contributed by atoms with van der Waals surface area (Å²) in [5.41, 5.74) is 4.64. The van der Waals surface area contributed by atoms with E-state index in [1.807, 2.05) is 24.3 Å². The SMILES string of the molecule is CCCCc1ccc2[nH]c3nc4[nH]c5ccc(CCCC)cc5c(=O)c4cc3c(=O)c2c1. The number of aromatic nitrogens is 3. The molecule has 5 heteroatoms. The number of hydrogen-bond donors (Lipinski definition) is 2. The van der Waals surface area contributed by atoms with E-state index in [0.29, 0.717) is 32.8 Å². The van der Waals surface area contributed by atoms with Gasteiger partial charge in [-0.2, -0.15) is 0 Å². The summed E-state index contributed by atoms with van der Waals surface area (Å²) in [6.07, 6.45) is 6.30. The zero-order chi connectivity index (χ0) is 22.2. The molecule has 162 valence electrons. The molecule has 0 radical (unpaired) electrons. The van der Waals surface area contributed by atoms with Crippen molar-refractivity contribution in [3.05, 3.63) is 74.0 Å². The fraction of sp³-hybridized carbons (Fsp3) is 0.296. The minimum absolute atomic E-state index is 0.0855. The third-order valence-electron chi connectivity index (χ3n) is 6.31. The summed E-state index contributed by atoms with van der Waals surface area (Å²) in [6, 6.07) is 13.7. The predicted octanol–water partition coefficient (Wildman–Crippen LogP) is 5.76. The predicted molar refractivity (Wildman–Crippen MR) is 133 cm³/mol. The van der Waals surface area contributed by atoms with Gasteiger partial charge >= 0.3 is 0 Å². The fourth-order valence-corrected chi connectivity index (χ4v) is 4.44. The zero-order valence-electron chi connectivity index (χ0n) is 18.5. The van der Waals surface area contributed by atoms with Crippen molar-refractivity contribution >= 4 is 43.9 Å². The Morgan fingerprint density at radius 1 is 0.656 bits per heavy atom. The number of H-pyrrole nitrogens is 2. The standard InChI is InChI=1S/C27H27N3O2/c1-3-5-7-16-9-11-22-18(13-16)24(31)20-15-21-25(32)19-14-17(8-6-4-2)10-12-23(19)29-27(21)30-26(20)28-22/h9-15H,3-8H2,1-2H3,(H2,28,29,30,31,32). The maximum absolute atomic E-state index is 13.3. The lowest BCUT2D eigenvalue weighted by Gasteiger charge is -2.08. The Hall–Kier alpha value is -3.47. The topological polar surface area (TPSA) is 78.6 Å². The second-order valence-electron chi connectivity index (χ2n) is 8.66. The molecular weight excluding hydrogens is 398 g/mol. The van der Waals surface area contributed by atoms with E-state index in [9.17, 15) is 9.59 Å². The van der Waals surface area contributed by atoms with Crippen molar-refractivity contribution in [3.63, 3.8) is 0 Å². The van der Waals surface area contributed by atoms with E-state index in [0.717, 1.165) is 60.7 Å². The van der Waals surface area contributed by atoms with Crippen LogP contribution in [0.25, 0.3) is 43.9 Å². The van der Waals surface area contributed by atoms with Gasteiger partial charge in [0.2, 0.25) is 0 Å². The van der Waals surface area contributed by atoms with Crippen LogP contribution in [0.2, 0.25) is 0 Å². The molecule has 5 rings (SSSR count). The van der Waals surface area contributed by atoms with Crippen molar-refractivity contribution in [1.82, 2.24) is 15.0 Å². The van der Waals surface area contributed by atoms with E-state index >= 15 is 0 Å². The van der Waals surface area contributed by atoms with Gasteiger partial charge in [0.05, 0.1) is 21.8 Å². The summed E-state index contributed by atoms with van der Waals surface area (Å²) in [4.78, 5) is 37.9. The number of nitrogens with zero attached hydrogens (tertiary/aromatic N) is 1. The van der Waals surface area contributed by atoms with Crippen LogP contribution in [0.4, 0.5) is 0 Å². The first-order valence-electron chi connectivity index (χ1n) is 11.5. The van der Waals surface area contributed by atoms with E-state index < -0.39 is 0 Å². The van der Waals surface area contributed by atoms with E-state index in [2.05, 4.69) is 40.9 Å². The molecule has 3 aromatic heterocycles. The molecule has 0 aliphatic heterocycles. The second kappa shape index (κ2) is 8.23. The number of aryl methyl sites for hydroxylation is 2. The van der Waals surface area contributed by atoms with E-state index in [1.54, 1.807) is 6.07 Å². The number of aromatic amines is 2. The van der Waals surface area contributed by atoms with Crippen molar-refractivity contribution in [3.8, 4) is 0 Å². The van der Waals surface area contributed by atoms with Gasteiger partial charge in [-0.15, -0.1) is 0 Å². The normalized spacial score (nSPS) is 11.8. The van der Waals surface area contributed by atoms with Crippen LogP contribution in [0.3, 0.4) is 0 Å². The van der Waals surface area contributed by atoms with Gasteiger partial charge in [-0.1, -0.05) is 38.8 Å². The molecule has 5 aromatic rings. The lowest BCUT2D eigenvalue weighted by Crippen LogP contribution is -2.10. The summed E-state index contributed by atoms with van der Waals surface area (Å²) >= 11 is 0. The number of rotatable bonds is 6. The number of hydrogen-bond acceptors (Lipinski definition) is 3. The maximum atomic E-state index is 13.3. The van der Waals surface area contributed by atoms with Crippen molar-refractivity contribution in [1.29, 1.82) is 0 Å². The summed E-state index contributed by atoms with van der Waals surface area (Å²) in [5, 5.41) is 2.19. The molecule has 2 aromatic carbocycles. The quantitative estimate of drug-likeness (QED) is 0.340. The molecular formula is C27H27N3O2. The smallest absolute Gasteiger partial charge is 0.198 e. The van der Waals surface area contributed by atoms with Crippen LogP contribution in [-0.2, 0) is 12.8 Å². The Bertz CT molecular complexity index is 1480. The molecule has 0 saturated carbocycles. The Balaban J connectivity index is 1.74. The number of benzene rings is 2. The second-order valence-corrected chi connectivity index (χ2v) is 8.66. The Kier molecular flexibility index (Phi) is 5.25. The summed E-state index contributed by atoms with van der Waals surface area (Å²) in [5.74, 6) is 0. The lowest BCUT2D eigenvalue weighted by molar-refractivity contribution is 0.796. The van der Waals surface area contributed by atoms with Crippen LogP contribution in [0, 0.1) is 0 Å². The number of nitrogens with one attached hydrogen (secondary N) is 2. The van der Waals surface area contributed by atoms with Gasteiger partial charge in [0.25, 0.3) is 0 Å². The third-order valence-corrected chi connectivity index (χ3v) is 6.31. The van der Waals surface area contributed by atoms with E-state index in [1.165, 1.54) is 0 Å². The highest BCUT2D eigenvalue weighted by molar-refractivity contribution is 5.99. The van der Waals surface area contributed by atoms with Crippen LogP contribution < -0.4 is 10.9 Å². The van der Waals surface area contributed by atoms with Crippen LogP contribution >= 0.6 is 0 Å². The molecule has 0 aliphatic rings. The Morgan fingerprint density at radius 3 is 1.56 bits per heavy atom. The average Bonchev–Trinajstić information content (AvgIpc) is 2.81. The van der Waals surface area contributed by atoms with Crippen molar-refractivity contribution < 1.29 is 0 Å². The fourth-order valence-electron chi connectivity index (χ4n) is 4.44. The van der Waals surface area contributed by atoms with Gasteiger partial charge < -0.3 is 9.97 Å². The molecule has 0 saturated heterocycles. The van der Waals surface area contributed by atoms with Crippen LogP contribution in [0.1, 0.15) is 50.7 Å². The lowest BCUT2D eigenvalue weighted by atomic mass is 10.0. The molecule has 0 aliphatic carbocycles. The molecule has 5 nitrogen and oxygen atoms in total. The molecule has 0 fully saturated rings. The Labute approximate surface area is 185 Å². The number of unbranched alkanes of at least 4 members (excludes halogenated alkanes) is 2. The van der Waals surface area contributed by atoms with Gasteiger partial charge in [0.15, 0.2) is 10.9 Å². The highest BCUT2D eigenvalue weighted by Crippen LogP contribution is 2.21. The van der Waals surface area contributed by atoms with E-state index in [-0.39, 0.29) is 10.9 Å². The number of pyridine rings is 3. The molecule has 2 N–H and O–H groups in total. The monoisotopic (exact) mass is 425 g/mol. The van der Waals surface area contributed by atoms with Crippen LogP contribution in [0.15, 0.2) is 52.1 Å². The van der Waals surface area contributed by atoms with Gasteiger partial charge in [0.1, 0.15) is 11.3 Å². The van der Waals surface area contributed by atoms with Crippen molar-refractivity contribution in [2.75, 3.05) is 0 Å². The molecule has 0 spiro atoms. The molecule has 0 atom stereocenters.